The summed E-state index contributed by atoms with van der Waals surface area (Å²) in [5.41, 5.74) is 0.0247. The first-order valence-electron chi connectivity index (χ1n) is 4.86. The lowest BCUT2D eigenvalue weighted by Crippen LogP contribution is -2.35. The summed E-state index contributed by atoms with van der Waals surface area (Å²) in [6.07, 6.45) is 0. The van der Waals surface area contributed by atoms with Gasteiger partial charge in [-0.15, -0.1) is 0 Å². The minimum Gasteiger partial charge on any atom is -0.395 e. The maximum atomic E-state index is 13.4. The number of halogens is 2. The third-order valence-electron chi connectivity index (χ3n) is 2.13. The second kappa shape index (κ2) is 5.07. The maximum absolute atomic E-state index is 13.4. The summed E-state index contributed by atoms with van der Waals surface area (Å²) in [6.45, 7) is 2.30. The van der Waals surface area contributed by atoms with Crippen LogP contribution in [-0.2, 0) is 10.0 Å². The average molecular weight is 265 g/mol. The number of benzene rings is 1. The van der Waals surface area contributed by atoms with Gasteiger partial charge in [-0.2, -0.15) is 0 Å². The van der Waals surface area contributed by atoms with E-state index in [1.54, 1.807) is 0 Å². The Kier molecular flexibility index (Phi) is 4.18. The summed E-state index contributed by atoms with van der Waals surface area (Å²) < 4.78 is 52.0. The van der Waals surface area contributed by atoms with Crippen molar-refractivity contribution in [2.45, 2.75) is 24.8 Å². The number of aliphatic hydroxyl groups is 1. The molecule has 0 heterocycles. The topological polar surface area (TPSA) is 66.4 Å². The van der Waals surface area contributed by atoms with Crippen LogP contribution in [0.4, 0.5) is 8.78 Å². The Hall–Kier alpha value is -1.05. The van der Waals surface area contributed by atoms with Gasteiger partial charge in [-0.3, -0.25) is 0 Å². The molecule has 96 valence electrons. The van der Waals surface area contributed by atoms with E-state index in [0.29, 0.717) is 6.07 Å². The Morgan fingerprint density at radius 1 is 1.35 bits per heavy atom. The van der Waals surface area contributed by atoms with Crippen LogP contribution in [0.2, 0.25) is 0 Å². The van der Waals surface area contributed by atoms with E-state index < -0.39 is 39.2 Å². The largest absolute Gasteiger partial charge is 0.395 e. The molecule has 1 rings (SSSR count). The highest BCUT2D eigenvalue weighted by molar-refractivity contribution is 7.89. The molecule has 1 aromatic rings. The number of nitrogens with one attached hydrogen (secondary N) is 1. The van der Waals surface area contributed by atoms with Crippen LogP contribution in [0.5, 0.6) is 0 Å². The van der Waals surface area contributed by atoms with E-state index >= 15 is 0 Å². The van der Waals surface area contributed by atoms with Crippen LogP contribution in [0.3, 0.4) is 0 Å². The molecule has 0 saturated carbocycles. The Bertz CT molecular complexity index is 517. The standard InChI is InChI=1S/C10H13F2NO3S/c1-6-3-9(12)10(4-8(6)11)17(15,16)13-7(2)5-14/h3-4,7,13-14H,5H2,1-2H3/t7-/m1/s1. The Morgan fingerprint density at radius 3 is 2.47 bits per heavy atom. The summed E-state index contributed by atoms with van der Waals surface area (Å²) in [5, 5.41) is 8.72. The number of aryl methyl sites for hydroxylation is 1. The average Bonchev–Trinajstić information content (AvgIpc) is 2.22. The molecule has 0 aliphatic heterocycles. The van der Waals surface area contributed by atoms with E-state index in [-0.39, 0.29) is 5.56 Å². The molecule has 4 nitrogen and oxygen atoms in total. The van der Waals surface area contributed by atoms with Crippen molar-refractivity contribution in [1.82, 2.24) is 4.72 Å². The number of hydrogen-bond donors (Lipinski definition) is 2. The van der Waals surface area contributed by atoms with Gasteiger partial charge in [0.1, 0.15) is 16.5 Å². The van der Waals surface area contributed by atoms with Crippen molar-refractivity contribution in [3.05, 3.63) is 29.3 Å². The lowest BCUT2D eigenvalue weighted by Gasteiger charge is -2.12. The van der Waals surface area contributed by atoms with Gasteiger partial charge in [0.15, 0.2) is 0 Å². The zero-order chi connectivity index (χ0) is 13.2. The SMILES string of the molecule is Cc1cc(F)c(S(=O)(=O)N[C@H](C)CO)cc1F. The van der Waals surface area contributed by atoms with Gasteiger partial charge in [-0.25, -0.2) is 21.9 Å². The van der Waals surface area contributed by atoms with Crippen molar-refractivity contribution in [3.63, 3.8) is 0 Å². The molecule has 2 N–H and O–H groups in total. The fourth-order valence-electron chi connectivity index (χ4n) is 1.20. The third-order valence-corrected chi connectivity index (χ3v) is 3.74. The second-order valence-electron chi connectivity index (χ2n) is 3.74. The highest BCUT2D eigenvalue weighted by Crippen LogP contribution is 2.18. The lowest BCUT2D eigenvalue weighted by molar-refractivity contribution is 0.265. The molecule has 1 aromatic carbocycles. The smallest absolute Gasteiger partial charge is 0.243 e. The molecule has 17 heavy (non-hydrogen) atoms. The molecule has 0 unspecified atom stereocenters. The summed E-state index contributed by atoms with van der Waals surface area (Å²) in [7, 11) is -4.17. The molecular weight excluding hydrogens is 252 g/mol. The predicted octanol–water partition coefficient (Wildman–Crippen LogP) is 0.932. The van der Waals surface area contributed by atoms with Gasteiger partial charge >= 0.3 is 0 Å². The lowest BCUT2D eigenvalue weighted by atomic mass is 10.2. The number of hydrogen-bond acceptors (Lipinski definition) is 3. The van der Waals surface area contributed by atoms with Crippen molar-refractivity contribution >= 4 is 10.0 Å². The highest BCUT2D eigenvalue weighted by Gasteiger charge is 2.22. The summed E-state index contributed by atoms with van der Waals surface area (Å²) in [5.74, 6) is -1.83. The van der Waals surface area contributed by atoms with Gasteiger partial charge in [0.25, 0.3) is 0 Å². The van der Waals surface area contributed by atoms with Crippen molar-refractivity contribution in [3.8, 4) is 0 Å². The minimum absolute atomic E-state index is 0.0247. The molecule has 0 bridgehead atoms. The van der Waals surface area contributed by atoms with Crippen molar-refractivity contribution in [1.29, 1.82) is 0 Å². The van der Waals surface area contributed by atoms with Crippen molar-refractivity contribution < 1.29 is 22.3 Å². The van der Waals surface area contributed by atoms with Crippen LogP contribution >= 0.6 is 0 Å². The van der Waals surface area contributed by atoms with Crippen LogP contribution in [-0.4, -0.2) is 26.2 Å². The zero-order valence-electron chi connectivity index (χ0n) is 9.37. The second-order valence-corrected chi connectivity index (χ2v) is 5.42. The zero-order valence-corrected chi connectivity index (χ0v) is 10.2. The molecule has 0 spiro atoms. The Labute approximate surface area is 98.3 Å². The monoisotopic (exact) mass is 265 g/mol. The summed E-state index contributed by atoms with van der Waals surface area (Å²) in [6, 6.07) is 0.661. The number of sulfonamides is 1. The predicted molar refractivity (Wildman–Crippen MR) is 58.0 cm³/mol. The quantitative estimate of drug-likeness (QED) is 0.851. The van der Waals surface area contributed by atoms with Crippen LogP contribution in [0, 0.1) is 18.6 Å². The minimum atomic E-state index is -4.17. The summed E-state index contributed by atoms with van der Waals surface area (Å²) >= 11 is 0. The summed E-state index contributed by atoms with van der Waals surface area (Å²) in [4.78, 5) is -0.763. The van der Waals surface area contributed by atoms with E-state index in [9.17, 15) is 17.2 Å². The van der Waals surface area contributed by atoms with Gasteiger partial charge in [0.05, 0.1) is 6.61 Å². The molecule has 0 aliphatic rings. The molecule has 0 aliphatic carbocycles. The van der Waals surface area contributed by atoms with E-state index in [2.05, 4.69) is 0 Å². The normalized spacial score (nSPS) is 13.7. The fraction of sp³-hybridized carbons (Fsp3) is 0.400. The van der Waals surface area contributed by atoms with Gasteiger partial charge in [0, 0.05) is 6.04 Å². The van der Waals surface area contributed by atoms with Gasteiger partial charge < -0.3 is 5.11 Å². The molecule has 0 amide bonds. The van der Waals surface area contributed by atoms with Crippen LogP contribution in [0.1, 0.15) is 12.5 Å². The van der Waals surface area contributed by atoms with Gasteiger partial charge in [0.2, 0.25) is 10.0 Å². The molecule has 1 atom stereocenters. The number of rotatable bonds is 4. The highest BCUT2D eigenvalue weighted by atomic mass is 32.2. The molecule has 0 fully saturated rings. The first-order valence-corrected chi connectivity index (χ1v) is 6.35. The third kappa shape index (κ3) is 3.21. The molecular formula is C10H13F2NO3S. The van der Waals surface area contributed by atoms with Crippen LogP contribution in [0.15, 0.2) is 17.0 Å². The molecule has 7 heteroatoms. The number of aliphatic hydroxyl groups excluding tert-OH is 1. The van der Waals surface area contributed by atoms with E-state index in [1.165, 1.54) is 13.8 Å². The van der Waals surface area contributed by atoms with E-state index in [1.807, 2.05) is 4.72 Å². The van der Waals surface area contributed by atoms with Crippen LogP contribution in [0.25, 0.3) is 0 Å². The molecule has 0 radical (unpaired) electrons. The molecule has 0 aromatic heterocycles. The van der Waals surface area contributed by atoms with E-state index in [0.717, 1.165) is 6.07 Å². The van der Waals surface area contributed by atoms with Crippen molar-refractivity contribution in [2.75, 3.05) is 6.61 Å². The molecule has 0 saturated heterocycles. The van der Waals surface area contributed by atoms with Crippen LogP contribution < -0.4 is 4.72 Å². The van der Waals surface area contributed by atoms with Gasteiger partial charge in [-0.1, -0.05) is 0 Å². The van der Waals surface area contributed by atoms with Crippen molar-refractivity contribution in [2.24, 2.45) is 0 Å². The maximum Gasteiger partial charge on any atom is 0.243 e. The van der Waals surface area contributed by atoms with Gasteiger partial charge in [-0.05, 0) is 31.5 Å². The Morgan fingerprint density at radius 2 is 1.94 bits per heavy atom. The first-order chi connectivity index (χ1) is 7.77. The fourth-order valence-corrected chi connectivity index (χ4v) is 2.51. The van der Waals surface area contributed by atoms with E-state index in [4.69, 9.17) is 5.11 Å². The Balaban J connectivity index is 3.20. The first kappa shape index (κ1) is 14.0.